The number of rotatable bonds is 5. The van der Waals surface area contributed by atoms with Crippen LogP contribution in [0, 0.1) is 5.92 Å². The largest absolute Gasteiger partial charge is 0.486 e. The zero-order chi connectivity index (χ0) is 16.1. The summed E-state index contributed by atoms with van der Waals surface area (Å²) in [6.07, 6.45) is 2.58. The maximum absolute atomic E-state index is 12.1. The quantitative estimate of drug-likeness (QED) is 0.797. The molecule has 0 spiro atoms. The van der Waals surface area contributed by atoms with E-state index in [1.807, 2.05) is 18.2 Å². The summed E-state index contributed by atoms with van der Waals surface area (Å²) in [5, 5.41) is 6.53. The molecule has 5 nitrogen and oxygen atoms in total. The molecule has 1 unspecified atom stereocenters. The van der Waals surface area contributed by atoms with E-state index in [0.29, 0.717) is 23.1 Å². The van der Waals surface area contributed by atoms with E-state index in [-0.39, 0.29) is 36.6 Å². The summed E-state index contributed by atoms with van der Waals surface area (Å²) in [5.41, 5.74) is 1.51. The van der Waals surface area contributed by atoms with Crippen LogP contribution in [0.3, 0.4) is 0 Å². The molecule has 1 aliphatic heterocycles. The van der Waals surface area contributed by atoms with Crippen LogP contribution < -0.4 is 15.4 Å². The maximum Gasteiger partial charge on any atom is 0.228 e. The second kappa shape index (κ2) is 10.5. The van der Waals surface area contributed by atoms with Gasteiger partial charge < -0.3 is 15.4 Å². The van der Waals surface area contributed by atoms with Gasteiger partial charge in [0.15, 0.2) is 0 Å². The van der Waals surface area contributed by atoms with Gasteiger partial charge in [-0.05, 0) is 43.3 Å². The number of pyridine rings is 1. The Morgan fingerprint density at radius 1 is 1.32 bits per heavy atom. The van der Waals surface area contributed by atoms with Crippen LogP contribution >= 0.6 is 36.4 Å². The van der Waals surface area contributed by atoms with Crippen LogP contribution in [0.5, 0.6) is 5.75 Å². The van der Waals surface area contributed by atoms with Crippen molar-refractivity contribution in [3.8, 4) is 5.75 Å². The topological polar surface area (TPSA) is 63.2 Å². The Balaban J connectivity index is 0.00000156. The molecule has 0 saturated carbocycles. The molecule has 8 heteroatoms. The number of nitrogens with one attached hydrogen (secondary N) is 2. The van der Waals surface area contributed by atoms with Crippen LogP contribution in [-0.4, -0.2) is 24.0 Å². The van der Waals surface area contributed by atoms with Crippen molar-refractivity contribution in [3.63, 3.8) is 0 Å². The van der Waals surface area contributed by atoms with Crippen LogP contribution in [-0.2, 0) is 11.4 Å². The Kier molecular flexibility index (Phi) is 9.00. The number of hydrogen-bond acceptors (Lipinski definition) is 4. The number of carbonyl (C=O) groups is 1. The molecule has 25 heavy (non-hydrogen) atoms. The van der Waals surface area contributed by atoms with E-state index in [2.05, 4.69) is 15.6 Å². The molecule has 136 valence electrons. The molecule has 1 atom stereocenters. The summed E-state index contributed by atoms with van der Waals surface area (Å²) in [7, 11) is 0. The van der Waals surface area contributed by atoms with Crippen molar-refractivity contribution in [2.75, 3.05) is 18.4 Å². The molecule has 0 aliphatic carbocycles. The number of halogens is 3. The fourth-order valence-corrected chi connectivity index (χ4v) is 2.69. The molecule has 1 amide bonds. The summed E-state index contributed by atoms with van der Waals surface area (Å²) in [5.74, 6) is 0.611. The fourth-order valence-electron chi connectivity index (χ4n) is 2.45. The molecule has 3 rings (SSSR count). The van der Waals surface area contributed by atoms with Gasteiger partial charge in [-0.15, -0.1) is 24.8 Å². The van der Waals surface area contributed by atoms with E-state index in [1.165, 1.54) is 0 Å². The van der Waals surface area contributed by atoms with E-state index < -0.39 is 0 Å². The number of aromatic nitrogens is 1. The highest BCUT2D eigenvalue weighted by Gasteiger charge is 2.22. The Morgan fingerprint density at radius 2 is 2.16 bits per heavy atom. The summed E-state index contributed by atoms with van der Waals surface area (Å²) < 4.78 is 5.67. The van der Waals surface area contributed by atoms with Crippen molar-refractivity contribution in [2.24, 2.45) is 5.92 Å². The zero-order valence-corrected chi connectivity index (χ0v) is 15.8. The van der Waals surface area contributed by atoms with E-state index >= 15 is 0 Å². The molecule has 1 aliphatic rings. The summed E-state index contributed by atoms with van der Waals surface area (Å²) in [6.45, 7) is 1.96. The Labute approximate surface area is 164 Å². The highest BCUT2D eigenvalue weighted by atomic mass is 35.5. The monoisotopic (exact) mass is 403 g/mol. The minimum Gasteiger partial charge on any atom is -0.486 e. The van der Waals surface area contributed by atoms with E-state index in [0.717, 1.165) is 25.2 Å². The average molecular weight is 405 g/mol. The van der Waals surface area contributed by atoms with Gasteiger partial charge in [-0.25, -0.2) is 0 Å². The van der Waals surface area contributed by atoms with E-state index in [1.54, 1.807) is 24.4 Å². The van der Waals surface area contributed by atoms with Crippen LogP contribution in [0.15, 0.2) is 42.6 Å². The number of benzene rings is 1. The molecule has 1 saturated heterocycles. The number of hydrogen-bond donors (Lipinski definition) is 2. The van der Waals surface area contributed by atoms with Crippen molar-refractivity contribution in [1.82, 2.24) is 10.3 Å². The minimum absolute atomic E-state index is 0. The highest BCUT2D eigenvalue weighted by Crippen LogP contribution is 2.28. The van der Waals surface area contributed by atoms with Crippen molar-refractivity contribution < 1.29 is 9.53 Å². The lowest BCUT2D eigenvalue weighted by Crippen LogP contribution is -2.24. The normalized spacial score (nSPS) is 15.6. The van der Waals surface area contributed by atoms with Gasteiger partial charge in [-0.3, -0.25) is 9.78 Å². The lowest BCUT2D eigenvalue weighted by Gasteiger charge is -2.12. The summed E-state index contributed by atoms with van der Waals surface area (Å²) in [6, 6.07) is 10.9. The van der Waals surface area contributed by atoms with Crippen LogP contribution in [0.1, 0.15) is 12.1 Å². The van der Waals surface area contributed by atoms with Crippen molar-refractivity contribution in [3.05, 3.63) is 53.3 Å². The average Bonchev–Trinajstić information content (AvgIpc) is 3.10. The van der Waals surface area contributed by atoms with E-state index in [4.69, 9.17) is 16.3 Å². The van der Waals surface area contributed by atoms with E-state index in [9.17, 15) is 4.79 Å². The minimum atomic E-state index is 0. The summed E-state index contributed by atoms with van der Waals surface area (Å²) >= 11 is 6.23. The van der Waals surface area contributed by atoms with Crippen LogP contribution in [0.25, 0.3) is 0 Å². The smallest absolute Gasteiger partial charge is 0.228 e. The fraction of sp³-hybridized carbons (Fsp3) is 0.294. The number of carbonyl (C=O) groups excluding carboxylic acids is 1. The molecular formula is C17H20Cl3N3O2. The molecule has 2 aromatic rings. The first-order valence-corrected chi connectivity index (χ1v) is 7.94. The highest BCUT2D eigenvalue weighted by molar-refractivity contribution is 6.32. The van der Waals surface area contributed by atoms with Crippen molar-refractivity contribution in [1.29, 1.82) is 0 Å². The molecular weight excluding hydrogens is 385 g/mol. The maximum atomic E-state index is 12.1. The zero-order valence-electron chi connectivity index (χ0n) is 13.4. The number of amides is 1. The lowest BCUT2D eigenvalue weighted by atomic mass is 10.1. The Hall–Kier alpha value is -1.53. The first-order valence-electron chi connectivity index (χ1n) is 7.56. The molecule has 0 bridgehead atoms. The Bertz CT molecular complexity index is 680. The van der Waals surface area contributed by atoms with Gasteiger partial charge >= 0.3 is 0 Å². The number of ether oxygens (including phenoxy) is 1. The predicted molar refractivity (Wildman–Crippen MR) is 104 cm³/mol. The molecule has 1 fully saturated rings. The first-order chi connectivity index (χ1) is 11.2. The van der Waals surface area contributed by atoms with Gasteiger partial charge in [0, 0.05) is 18.4 Å². The molecule has 0 radical (unpaired) electrons. The number of anilines is 1. The third kappa shape index (κ3) is 6.04. The second-order valence-electron chi connectivity index (χ2n) is 5.43. The lowest BCUT2D eigenvalue weighted by molar-refractivity contribution is -0.119. The summed E-state index contributed by atoms with van der Waals surface area (Å²) in [4.78, 5) is 16.3. The van der Waals surface area contributed by atoms with Gasteiger partial charge in [0.25, 0.3) is 0 Å². The van der Waals surface area contributed by atoms with Crippen molar-refractivity contribution >= 4 is 48.0 Å². The van der Waals surface area contributed by atoms with Gasteiger partial charge in [0.1, 0.15) is 12.4 Å². The van der Waals surface area contributed by atoms with Crippen LogP contribution in [0.4, 0.5) is 5.69 Å². The molecule has 1 aromatic heterocycles. The molecule has 1 aromatic carbocycles. The Morgan fingerprint density at radius 3 is 2.80 bits per heavy atom. The number of nitrogens with zero attached hydrogens (tertiary/aromatic N) is 1. The first kappa shape index (κ1) is 21.5. The van der Waals surface area contributed by atoms with Gasteiger partial charge in [0.05, 0.1) is 16.6 Å². The van der Waals surface area contributed by atoms with Crippen molar-refractivity contribution in [2.45, 2.75) is 13.0 Å². The predicted octanol–water partition coefficient (Wildman–Crippen LogP) is 3.71. The van der Waals surface area contributed by atoms with Crippen LogP contribution in [0.2, 0.25) is 5.02 Å². The second-order valence-corrected chi connectivity index (χ2v) is 5.84. The SMILES string of the molecule is Cl.Cl.O=C(Nc1ccc(OCc2ccccn2)c(Cl)c1)C1CCNC1. The van der Waals surface area contributed by atoms with Gasteiger partial charge in [0.2, 0.25) is 5.91 Å². The standard InChI is InChI=1S/C17H18ClN3O2.2ClH/c18-15-9-13(21-17(22)12-6-8-19-10-12)4-5-16(15)23-11-14-3-1-2-7-20-14;;/h1-5,7,9,12,19H,6,8,10-11H2,(H,21,22);2*1H. The third-order valence-corrected chi connectivity index (χ3v) is 4.03. The molecule has 2 N–H and O–H groups in total. The van der Waals surface area contributed by atoms with Gasteiger partial charge in [-0.1, -0.05) is 17.7 Å². The van der Waals surface area contributed by atoms with Gasteiger partial charge in [-0.2, -0.15) is 0 Å². The third-order valence-electron chi connectivity index (χ3n) is 3.73. The molecule has 2 heterocycles.